The Bertz CT molecular complexity index is 642. The van der Waals surface area contributed by atoms with Crippen molar-refractivity contribution in [3.8, 4) is 0 Å². The molecule has 1 aliphatic carbocycles. The maximum absolute atomic E-state index is 12.9. The van der Waals surface area contributed by atoms with E-state index in [2.05, 4.69) is 49.5 Å². The van der Waals surface area contributed by atoms with Gasteiger partial charge in [0.1, 0.15) is 0 Å². The first kappa shape index (κ1) is 21.5. The molecule has 0 aromatic rings. The van der Waals surface area contributed by atoms with Crippen LogP contribution < -0.4 is 0 Å². The van der Waals surface area contributed by atoms with Crippen molar-refractivity contribution >= 4 is 25.8 Å². The number of hydrogen-bond acceptors (Lipinski definition) is 4. The molecule has 0 aliphatic heterocycles. The van der Waals surface area contributed by atoms with Crippen molar-refractivity contribution in [2.45, 2.75) is 71.2 Å². The maximum atomic E-state index is 12.9. The molecule has 0 unspecified atom stereocenters. The third kappa shape index (κ3) is 3.99. The maximum Gasteiger partial charge on any atom is 0.441 e. The number of methoxy groups -OCH3 is 1. The zero-order valence-electron chi connectivity index (χ0n) is 16.6. The van der Waals surface area contributed by atoms with Gasteiger partial charge < -0.3 is 14.7 Å². The summed E-state index contributed by atoms with van der Waals surface area (Å²) in [7, 11) is -1.04. The molecule has 25 heavy (non-hydrogen) atoms. The van der Waals surface area contributed by atoms with E-state index in [1.165, 1.54) is 0 Å². The summed E-state index contributed by atoms with van der Waals surface area (Å²) in [5.41, 5.74) is 8.73. The van der Waals surface area contributed by atoms with Gasteiger partial charge in [-0.1, -0.05) is 33.8 Å². The molecule has 0 spiro atoms. The van der Waals surface area contributed by atoms with Gasteiger partial charge in [0, 0.05) is 0 Å². The van der Waals surface area contributed by atoms with Crippen molar-refractivity contribution in [1.29, 1.82) is 0 Å². The van der Waals surface area contributed by atoms with Crippen molar-refractivity contribution in [2.75, 3.05) is 7.11 Å². The van der Waals surface area contributed by atoms with E-state index in [1.807, 2.05) is 6.92 Å². The standard InChI is InChI=1S/C18H30N2O4Si/c1-12-10-9-11-18(12,24-25(7,8)17(3,4)5)13(2)15(21)14(20-19)16(22)23-6/h10,13H,9,11H2,1-8H3/t13-,18+/m0/s1. The van der Waals surface area contributed by atoms with E-state index in [-0.39, 0.29) is 5.04 Å². The van der Waals surface area contributed by atoms with Crippen LogP contribution in [0.4, 0.5) is 0 Å². The number of ketones is 1. The third-order valence-electron chi connectivity index (χ3n) is 5.68. The van der Waals surface area contributed by atoms with Gasteiger partial charge >= 0.3 is 11.7 Å². The fourth-order valence-corrected chi connectivity index (χ4v) is 4.62. The number of carbonyl (C=O) groups is 2. The van der Waals surface area contributed by atoms with Crippen LogP contribution in [0.15, 0.2) is 11.6 Å². The smallest absolute Gasteiger partial charge is 0.441 e. The number of allylic oxidation sites excluding steroid dienone is 1. The SMILES string of the molecule is COC(=O)C(=[N+]=[N-])C(=O)[C@H](C)[C@@]1(O[Si](C)(C)C(C)(C)C)CCC=C1C. The summed E-state index contributed by atoms with van der Waals surface area (Å²) in [4.78, 5) is 27.5. The summed E-state index contributed by atoms with van der Waals surface area (Å²) in [6, 6.07) is 0. The van der Waals surface area contributed by atoms with Gasteiger partial charge in [-0.15, -0.1) is 0 Å². The molecular weight excluding hydrogens is 336 g/mol. The number of esters is 1. The largest absolute Gasteiger partial charge is 0.460 e. The first-order valence-corrected chi connectivity index (χ1v) is 11.5. The van der Waals surface area contributed by atoms with Crippen LogP contribution in [0, 0.1) is 5.92 Å². The predicted octanol–water partition coefficient (Wildman–Crippen LogP) is 3.54. The van der Waals surface area contributed by atoms with Gasteiger partial charge in [-0.05, 0) is 43.5 Å². The second-order valence-electron chi connectivity index (χ2n) is 8.20. The van der Waals surface area contributed by atoms with Crippen LogP contribution in [0.2, 0.25) is 18.1 Å². The van der Waals surface area contributed by atoms with Gasteiger partial charge in [0.25, 0.3) is 5.78 Å². The second-order valence-corrected chi connectivity index (χ2v) is 12.9. The summed E-state index contributed by atoms with van der Waals surface area (Å²) in [5.74, 6) is -2.17. The number of Topliss-reactive ketones (excluding diaryl/α,β-unsaturated/α-hetero) is 1. The second kappa shape index (κ2) is 7.36. The minimum absolute atomic E-state index is 0.0259. The fourth-order valence-electron chi connectivity index (χ4n) is 2.96. The molecule has 1 aliphatic rings. The van der Waals surface area contributed by atoms with Crippen LogP contribution in [-0.2, 0) is 18.8 Å². The topological polar surface area (TPSA) is 89.0 Å². The summed E-state index contributed by atoms with van der Waals surface area (Å²) in [6.45, 7) is 14.4. The lowest BCUT2D eigenvalue weighted by molar-refractivity contribution is -0.141. The Morgan fingerprint density at radius 2 is 1.92 bits per heavy atom. The molecule has 0 aromatic heterocycles. The Morgan fingerprint density at radius 3 is 2.28 bits per heavy atom. The van der Waals surface area contributed by atoms with E-state index in [0.29, 0.717) is 6.42 Å². The first-order chi connectivity index (χ1) is 11.3. The van der Waals surface area contributed by atoms with E-state index in [4.69, 9.17) is 9.96 Å². The van der Waals surface area contributed by atoms with Crippen molar-refractivity contribution in [1.82, 2.24) is 0 Å². The number of rotatable bonds is 6. The highest BCUT2D eigenvalue weighted by atomic mass is 28.4. The van der Waals surface area contributed by atoms with Crippen LogP contribution in [0.5, 0.6) is 0 Å². The lowest BCUT2D eigenvalue weighted by atomic mass is 9.79. The first-order valence-electron chi connectivity index (χ1n) is 8.56. The molecule has 1 rings (SSSR count). The fraction of sp³-hybridized carbons (Fsp3) is 0.722. The lowest BCUT2D eigenvalue weighted by Gasteiger charge is -2.47. The van der Waals surface area contributed by atoms with E-state index in [9.17, 15) is 9.59 Å². The number of nitrogens with zero attached hydrogens (tertiary/aromatic N) is 2. The molecule has 0 amide bonds. The summed E-state index contributed by atoms with van der Waals surface area (Å²) in [5, 5.41) is -0.0259. The molecule has 140 valence electrons. The number of ether oxygens (including phenoxy) is 1. The van der Waals surface area contributed by atoms with Gasteiger partial charge in [0.05, 0.1) is 18.6 Å². The van der Waals surface area contributed by atoms with Crippen LogP contribution in [0.3, 0.4) is 0 Å². The predicted molar refractivity (Wildman–Crippen MR) is 98.8 cm³/mol. The molecule has 0 fully saturated rings. The molecule has 0 bridgehead atoms. The monoisotopic (exact) mass is 366 g/mol. The van der Waals surface area contributed by atoms with Gasteiger partial charge in [-0.3, -0.25) is 4.79 Å². The highest BCUT2D eigenvalue weighted by Crippen LogP contribution is 2.47. The Morgan fingerprint density at radius 1 is 1.36 bits per heavy atom. The van der Waals surface area contributed by atoms with Gasteiger partial charge in [-0.25, -0.2) is 4.79 Å². The van der Waals surface area contributed by atoms with Crippen LogP contribution in [-0.4, -0.2) is 43.3 Å². The zero-order valence-corrected chi connectivity index (χ0v) is 17.6. The highest BCUT2D eigenvalue weighted by molar-refractivity contribution is 6.74. The highest BCUT2D eigenvalue weighted by Gasteiger charge is 2.53. The van der Waals surface area contributed by atoms with E-state index < -0.39 is 37.3 Å². The molecule has 0 heterocycles. The zero-order chi connectivity index (χ0) is 19.6. The molecule has 0 saturated carbocycles. The third-order valence-corrected chi connectivity index (χ3v) is 10.2. The molecule has 0 aromatic carbocycles. The number of hydrogen-bond donors (Lipinski definition) is 0. The normalized spacial score (nSPS) is 22.0. The van der Waals surface area contributed by atoms with E-state index in [0.717, 1.165) is 19.1 Å². The lowest BCUT2D eigenvalue weighted by Crippen LogP contribution is -2.55. The molecule has 0 radical (unpaired) electrons. The number of carbonyl (C=O) groups excluding carboxylic acids is 2. The van der Waals surface area contributed by atoms with E-state index >= 15 is 0 Å². The van der Waals surface area contributed by atoms with E-state index in [1.54, 1.807) is 6.92 Å². The van der Waals surface area contributed by atoms with Gasteiger partial charge in [-0.2, -0.15) is 4.79 Å². The molecular formula is C18H30N2O4Si. The Kier molecular flexibility index (Phi) is 6.32. The van der Waals surface area contributed by atoms with Crippen LogP contribution in [0.25, 0.3) is 5.53 Å². The minimum Gasteiger partial charge on any atom is -0.460 e. The Labute approximate surface area is 151 Å². The Balaban J connectivity index is 3.33. The summed E-state index contributed by atoms with van der Waals surface area (Å²) < 4.78 is 11.3. The van der Waals surface area contributed by atoms with Crippen molar-refractivity contribution in [3.05, 3.63) is 17.2 Å². The molecule has 2 atom stereocenters. The van der Waals surface area contributed by atoms with Gasteiger partial charge in [0.15, 0.2) is 8.32 Å². The van der Waals surface area contributed by atoms with Crippen LogP contribution in [0.1, 0.15) is 47.5 Å². The minimum atomic E-state index is -2.18. The average molecular weight is 367 g/mol. The van der Waals surface area contributed by atoms with Crippen molar-refractivity contribution < 1.29 is 23.5 Å². The van der Waals surface area contributed by atoms with Crippen molar-refractivity contribution in [2.24, 2.45) is 5.92 Å². The molecule has 6 nitrogen and oxygen atoms in total. The quantitative estimate of drug-likeness (QED) is 0.137. The average Bonchev–Trinajstić information content (AvgIpc) is 2.86. The molecule has 0 N–H and O–H groups in total. The van der Waals surface area contributed by atoms with Crippen molar-refractivity contribution in [3.63, 3.8) is 0 Å². The summed E-state index contributed by atoms with van der Waals surface area (Å²) in [6.07, 6.45) is 3.55. The Hall–Kier alpha value is -1.56. The van der Waals surface area contributed by atoms with Gasteiger partial charge in [0.2, 0.25) is 0 Å². The molecule has 0 saturated heterocycles. The molecule has 7 heteroatoms. The van der Waals surface area contributed by atoms with Crippen LogP contribution >= 0.6 is 0 Å². The summed E-state index contributed by atoms with van der Waals surface area (Å²) >= 11 is 0.